The summed E-state index contributed by atoms with van der Waals surface area (Å²) in [6.45, 7) is 1.41. The first kappa shape index (κ1) is 16.9. The third kappa shape index (κ3) is 3.03. The molecule has 0 N–H and O–H groups in total. The van der Waals surface area contributed by atoms with Gasteiger partial charge in [-0.1, -0.05) is 23.7 Å². The van der Waals surface area contributed by atoms with E-state index in [9.17, 15) is 9.59 Å². The van der Waals surface area contributed by atoms with E-state index in [-0.39, 0.29) is 24.1 Å². The summed E-state index contributed by atoms with van der Waals surface area (Å²) >= 11 is 6.02. The monoisotopic (exact) mass is 374 g/mol. The van der Waals surface area contributed by atoms with E-state index in [1.54, 1.807) is 33.9 Å². The highest BCUT2D eigenvalue weighted by molar-refractivity contribution is 6.30. The molecule has 2 aliphatic heterocycles. The van der Waals surface area contributed by atoms with Gasteiger partial charge < -0.3 is 14.2 Å². The maximum absolute atomic E-state index is 12.7. The van der Waals surface area contributed by atoms with Crippen LogP contribution in [-0.2, 0) is 18.2 Å². The molecule has 8 heteroatoms. The van der Waals surface area contributed by atoms with Gasteiger partial charge in [0.2, 0.25) is 0 Å². The highest BCUT2D eigenvalue weighted by Gasteiger charge is 2.48. The fourth-order valence-corrected chi connectivity index (χ4v) is 3.81. The van der Waals surface area contributed by atoms with Crippen molar-refractivity contribution in [2.45, 2.75) is 18.6 Å². The summed E-state index contributed by atoms with van der Waals surface area (Å²) in [5, 5.41) is 0.679. The summed E-state index contributed by atoms with van der Waals surface area (Å²) in [6.07, 6.45) is 3.25. The van der Waals surface area contributed by atoms with E-state index in [4.69, 9.17) is 16.3 Å². The Hall–Kier alpha value is -2.54. The van der Waals surface area contributed by atoms with Crippen molar-refractivity contribution in [3.05, 3.63) is 53.1 Å². The molecule has 2 amide bonds. The molecular formula is C18H19ClN4O3. The summed E-state index contributed by atoms with van der Waals surface area (Å²) in [4.78, 5) is 32.3. The Labute approximate surface area is 156 Å². The largest absolute Gasteiger partial charge is 0.442 e. The smallest absolute Gasteiger partial charge is 0.410 e. The number of aromatic nitrogens is 2. The van der Waals surface area contributed by atoms with Crippen molar-refractivity contribution in [2.75, 3.05) is 19.6 Å². The molecule has 2 fully saturated rings. The van der Waals surface area contributed by atoms with Crippen molar-refractivity contribution < 1.29 is 14.3 Å². The number of carbonyl (C=O) groups excluding carboxylic acids is 2. The number of carbonyl (C=O) groups is 2. The third-order valence-corrected chi connectivity index (χ3v) is 5.21. The molecule has 136 valence electrons. The van der Waals surface area contributed by atoms with E-state index in [1.807, 2.05) is 24.3 Å². The lowest BCUT2D eigenvalue weighted by Gasteiger charge is -2.22. The molecule has 7 nitrogen and oxygen atoms in total. The van der Waals surface area contributed by atoms with Crippen LogP contribution >= 0.6 is 11.6 Å². The number of likely N-dealkylation sites (tertiary alicyclic amines) is 1. The van der Waals surface area contributed by atoms with E-state index < -0.39 is 0 Å². The highest BCUT2D eigenvalue weighted by atomic mass is 35.5. The zero-order valence-corrected chi connectivity index (χ0v) is 15.1. The number of amides is 2. The standard InChI is InChI=1S/C18H19ClN4O3/c1-21-11-20-8-14(21)17(24)22-9-15-16(10-22)26-18(25)23(15)6-5-12-3-2-4-13(19)7-12/h2-4,7-8,11,15-16H,5-6,9-10H2,1H3/t15-,16+/m1/s1. The van der Waals surface area contributed by atoms with Gasteiger partial charge in [-0.05, 0) is 24.1 Å². The Morgan fingerprint density at radius 1 is 1.38 bits per heavy atom. The minimum atomic E-state index is -0.310. The van der Waals surface area contributed by atoms with Gasteiger partial charge in [-0.2, -0.15) is 0 Å². The number of ether oxygens (including phenoxy) is 1. The average Bonchev–Trinajstić information content (AvgIpc) is 3.27. The highest BCUT2D eigenvalue weighted by Crippen LogP contribution is 2.28. The van der Waals surface area contributed by atoms with Gasteiger partial charge in [0.25, 0.3) is 5.91 Å². The van der Waals surface area contributed by atoms with Crippen LogP contribution in [0, 0.1) is 0 Å². The second-order valence-corrected chi connectivity index (χ2v) is 7.10. The van der Waals surface area contributed by atoms with Crippen molar-refractivity contribution in [3.63, 3.8) is 0 Å². The molecule has 0 bridgehead atoms. The van der Waals surface area contributed by atoms with Gasteiger partial charge >= 0.3 is 6.09 Å². The summed E-state index contributed by atoms with van der Waals surface area (Å²) < 4.78 is 7.18. The van der Waals surface area contributed by atoms with Crippen LogP contribution < -0.4 is 0 Å². The maximum atomic E-state index is 12.7. The van der Waals surface area contributed by atoms with Crippen molar-refractivity contribution >= 4 is 23.6 Å². The first-order valence-electron chi connectivity index (χ1n) is 8.50. The molecule has 2 saturated heterocycles. The fraction of sp³-hybridized carbons (Fsp3) is 0.389. The molecule has 2 atom stereocenters. The van der Waals surface area contributed by atoms with Crippen LogP contribution in [0.5, 0.6) is 0 Å². The van der Waals surface area contributed by atoms with Crippen LogP contribution in [0.3, 0.4) is 0 Å². The maximum Gasteiger partial charge on any atom is 0.410 e. The first-order valence-corrected chi connectivity index (χ1v) is 8.88. The Morgan fingerprint density at radius 3 is 2.96 bits per heavy atom. The molecule has 1 aromatic carbocycles. The number of imidazole rings is 1. The van der Waals surface area contributed by atoms with Crippen molar-refractivity contribution in [1.29, 1.82) is 0 Å². The van der Waals surface area contributed by atoms with Gasteiger partial charge in [0.15, 0.2) is 0 Å². The van der Waals surface area contributed by atoms with Crippen molar-refractivity contribution in [1.82, 2.24) is 19.4 Å². The Kier molecular flexibility index (Phi) is 4.32. The van der Waals surface area contributed by atoms with Crippen molar-refractivity contribution in [2.24, 2.45) is 7.05 Å². The molecule has 0 radical (unpaired) electrons. The molecule has 3 heterocycles. The second kappa shape index (κ2) is 6.64. The van der Waals surface area contributed by atoms with E-state index in [2.05, 4.69) is 4.98 Å². The first-order chi connectivity index (χ1) is 12.5. The Morgan fingerprint density at radius 2 is 2.23 bits per heavy atom. The van der Waals surface area contributed by atoms with Crippen LogP contribution in [0.1, 0.15) is 16.1 Å². The molecule has 1 aromatic heterocycles. The minimum Gasteiger partial charge on any atom is -0.442 e. The zero-order valence-electron chi connectivity index (χ0n) is 14.3. The third-order valence-electron chi connectivity index (χ3n) is 4.98. The van der Waals surface area contributed by atoms with E-state index in [0.717, 1.165) is 5.56 Å². The average molecular weight is 375 g/mol. The van der Waals surface area contributed by atoms with Gasteiger partial charge in [0.1, 0.15) is 11.8 Å². The normalized spacial score (nSPS) is 21.8. The minimum absolute atomic E-state index is 0.0924. The fourth-order valence-electron chi connectivity index (χ4n) is 3.59. The molecule has 0 saturated carbocycles. The van der Waals surface area contributed by atoms with Crippen LogP contribution in [-0.4, -0.2) is 63.1 Å². The number of aryl methyl sites for hydroxylation is 1. The lowest BCUT2D eigenvalue weighted by atomic mass is 10.1. The van der Waals surface area contributed by atoms with Gasteiger partial charge in [-0.3, -0.25) is 9.69 Å². The molecule has 0 aliphatic carbocycles. The second-order valence-electron chi connectivity index (χ2n) is 6.66. The van der Waals surface area contributed by atoms with Gasteiger partial charge in [0, 0.05) is 25.2 Å². The van der Waals surface area contributed by atoms with E-state index >= 15 is 0 Å². The number of rotatable bonds is 4. The number of fused-ring (bicyclic) bond motifs is 1. The van der Waals surface area contributed by atoms with E-state index in [1.165, 1.54) is 0 Å². The van der Waals surface area contributed by atoms with Gasteiger partial charge in [-0.15, -0.1) is 0 Å². The number of halogens is 1. The topological polar surface area (TPSA) is 67.7 Å². The molecule has 26 heavy (non-hydrogen) atoms. The van der Waals surface area contributed by atoms with Gasteiger partial charge in [-0.25, -0.2) is 9.78 Å². The molecule has 2 aliphatic rings. The molecule has 2 aromatic rings. The van der Waals surface area contributed by atoms with Crippen LogP contribution in [0.2, 0.25) is 5.02 Å². The summed E-state index contributed by atoms with van der Waals surface area (Å²) in [6, 6.07) is 7.49. The zero-order chi connectivity index (χ0) is 18.3. The molecule has 0 spiro atoms. The summed E-state index contributed by atoms with van der Waals surface area (Å²) in [5.74, 6) is -0.0924. The SMILES string of the molecule is Cn1cncc1C(=O)N1C[C@@H]2OC(=O)N(CCc3cccc(Cl)c3)[C@@H]2C1. The lowest BCUT2D eigenvalue weighted by Crippen LogP contribution is -2.40. The molecule has 0 unspecified atom stereocenters. The number of benzene rings is 1. The van der Waals surface area contributed by atoms with Crippen LogP contribution in [0.4, 0.5) is 4.79 Å². The Bertz CT molecular complexity index is 852. The molecule has 4 rings (SSSR count). The molecular weight excluding hydrogens is 356 g/mol. The number of nitrogens with zero attached hydrogens (tertiary/aromatic N) is 4. The quantitative estimate of drug-likeness (QED) is 0.820. The van der Waals surface area contributed by atoms with E-state index in [0.29, 0.717) is 36.8 Å². The number of hydrogen-bond acceptors (Lipinski definition) is 4. The summed E-state index contributed by atoms with van der Waals surface area (Å²) in [7, 11) is 1.79. The Balaban J connectivity index is 1.43. The predicted octanol–water partition coefficient (Wildman–Crippen LogP) is 1.96. The van der Waals surface area contributed by atoms with Crippen molar-refractivity contribution in [3.8, 4) is 0 Å². The summed E-state index contributed by atoms with van der Waals surface area (Å²) in [5.41, 5.74) is 1.59. The van der Waals surface area contributed by atoms with Crippen LogP contribution in [0.15, 0.2) is 36.8 Å². The lowest BCUT2D eigenvalue weighted by molar-refractivity contribution is 0.0719. The predicted molar refractivity (Wildman–Crippen MR) is 95.0 cm³/mol. The van der Waals surface area contributed by atoms with Crippen LogP contribution in [0.25, 0.3) is 0 Å². The van der Waals surface area contributed by atoms with Gasteiger partial charge in [0.05, 0.1) is 25.1 Å². The number of hydrogen-bond donors (Lipinski definition) is 0.